The number of halogens is 2. The van der Waals surface area contributed by atoms with Gasteiger partial charge in [0.1, 0.15) is 0 Å². The van der Waals surface area contributed by atoms with E-state index in [1.807, 2.05) is 74.2 Å². The largest absolute Gasteiger partial charge is 0.469 e. The minimum atomic E-state index is -0.941. The standard InChI is InChI=1S/C27H33Cl2NO4/c1-6-23(17(2)33-4)30-25(18-10-12-20(28)13-11-18)22(19-8-7-9-21(29)14-19)15-27(3,26(30)32)16-24(31)34-5/h7-14,17,22-23,25H,6,15-16H2,1-5H3/t17?,22-,23?,25-,27-/m1/s1. The number of benzene rings is 2. The van der Waals surface area contributed by atoms with Crippen molar-refractivity contribution < 1.29 is 19.1 Å². The van der Waals surface area contributed by atoms with Crippen LogP contribution in [0.1, 0.15) is 63.1 Å². The molecule has 2 aromatic carbocycles. The Kier molecular flexibility index (Phi) is 8.66. The van der Waals surface area contributed by atoms with E-state index >= 15 is 0 Å². The van der Waals surface area contributed by atoms with Crippen molar-refractivity contribution in [3.8, 4) is 0 Å². The molecule has 34 heavy (non-hydrogen) atoms. The van der Waals surface area contributed by atoms with Crippen LogP contribution in [-0.4, -0.2) is 43.1 Å². The van der Waals surface area contributed by atoms with E-state index in [0.29, 0.717) is 22.9 Å². The van der Waals surface area contributed by atoms with Crippen LogP contribution >= 0.6 is 23.2 Å². The van der Waals surface area contributed by atoms with Gasteiger partial charge in [0.25, 0.3) is 0 Å². The minimum Gasteiger partial charge on any atom is -0.469 e. The molecule has 7 heteroatoms. The van der Waals surface area contributed by atoms with Gasteiger partial charge in [-0.1, -0.05) is 61.3 Å². The fourth-order valence-corrected chi connectivity index (χ4v) is 5.54. The van der Waals surface area contributed by atoms with E-state index in [4.69, 9.17) is 32.7 Å². The van der Waals surface area contributed by atoms with Crippen LogP contribution < -0.4 is 0 Å². The molecule has 1 saturated heterocycles. The molecular weight excluding hydrogens is 473 g/mol. The Morgan fingerprint density at radius 1 is 1.12 bits per heavy atom. The van der Waals surface area contributed by atoms with E-state index in [0.717, 1.165) is 11.1 Å². The zero-order valence-corrected chi connectivity index (χ0v) is 21.9. The summed E-state index contributed by atoms with van der Waals surface area (Å²) >= 11 is 12.6. The molecule has 5 atom stereocenters. The maximum atomic E-state index is 14.2. The molecule has 0 spiro atoms. The summed E-state index contributed by atoms with van der Waals surface area (Å²) in [5.74, 6) is -0.587. The van der Waals surface area contributed by atoms with Gasteiger partial charge in [0.2, 0.25) is 5.91 Å². The monoisotopic (exact) mass is 505 g/mol. The molecule has 0 aromatic heterocycles. The van der Waals surface area contributed by atoms with Gasteiger partial charge >= 0.3 is 5.97 Å². The average molecular weight is 506 g/mol. The number of nitrogens with zero attached hydrogens (tertiary/aromatic N) is 1. The highest BCUT2D eigenvalue weighted by Gasteiger charge is 2.53. The molecule has 1 heterocycles. The minimum absolute atomic E-state index is 0.00103. The van der Waals surface area contributed by atoms with Crippen molar-refractivity contribution in [2.45, 2.75) is 64.1 Å². The van der Waals surface area contributed by atoms with E-state index in [-0.39, 0.29) is 36.4 Å². The van der Waals surface area contributed by atoms with Crippen molar-refractivity contribution in [1.29, 1.82) is 0 Å². The van der Waals surface area contributed by atoms with Crippen molar-refractivity contribution >= 4 is 35.1 Å². The highest BCUT2D eigenvalue weighted by atomic mass is 35.5. The molecule has 1 fully saturated rings. The molecule has 0 saturated carbocycles. The topological polar surface area (TPSA) is 55.8 Å². The van der Waals surface area contributed by atoms with Crippen molar-refractivity contribution in [3.63, 3.8) is 0 Å². The molecule has 0 N–H and O–H groups in total. The second-order valence-corrected chi connectivity index (χ2v) is 10.2. The quantitative estimate of drug-likeness (QED) is 0.387. The van der Waals surface area contributed by atoms with Crippen LogP contribution in [0, 0.1) is 5.41 Å². The van der Waals surface area contributed by atoms with Crippen LogP contribution in [0.15, 0.2) is 48.5 Å². The summed E-state index contributed by atoms with van der Waals surface area (Å²) in [6.07, 6.45) is 0.968. The molecule has 1 aliphatic heterocycles. The lowest BCUT2D eigenvalue weighted by molar-refractivity contribution is -0.164. The number of amides is 1. The summed E-state index contributed by atoms with van der Waals surface area (Å²) < 4.78 is 10.7. The third-order valence-electron chi connectivity index (χ3n) is 7.04. The molecule has 2 unspecified atom stereocenters. The molecule has 0 radical (unpaired) electrons. The maximum absolute atomic E-state index is 14.2. The van der Waals surface area contributed by atoms with Gasteiger partial charge in [-0.25, -0.2) is 0 Å². The van der Waals surface area contributed by atoms with Crippen LogP contribution in [0.3, 0.4) is 0 Å². The first-order valence-electron chi connectivity index (χ1n) is 11.6. The predicted molar refractivity (Wildman–Crippen MR) is 135 cm³/mol. The Morgan fingerprint density at radius 2 is 1.79 bits per heavy atom. The number of rotatable bonds is 8. The zero-order chi connectivity index (χ0) is 25.0. The van der Waals surface area contributed by atoms with Crippen molar-refractivity contribution in [3.05, 3.63) is 69.7 Å². The normalized spacial score (nSPS) is 24.6. The van der Waals surface area contributed by atoms with Crippen molar-refractivity contribution in [2.75, 3.05) is 14.2 Å². The van der Waals surface area contributed by atoms with Crippen molar-refractivity contribution in [2.24, 2.45) is 5.41 Å². The molecule has 0 bridgehead atoms. The third-order valence-corrected chi connectivity index (χ3v) is 7.53. The van der Waals surface area contributed by atoms with Gasteiger partial charge < -0.3 is 14.4 Å². The summed E-state index contributed by atoms with van der Waals surface area (Å²) in [6.45, 7) is 5.88. The van der Waals surface area contributed by atoms with E-state index in [1.165, 1.54) is 7.11 Å². The number of carbonyl (C=O) groups is 2. The number of ether oxygens (including phenoxy) is 2. The lowest BCUT2D eigenvalue weighted by Gasteiger charge is -2.52. The van der Waals surface area contributed by atoms with E-state index < -0.39 is 11.4 Å². The predicted octanol–water partition coefficient (Wildman–Crippen LogP) is 6.43. The van der Waals surface area contributed by atoms with Gasteiger partial charge in [-0.3, -0.25) is 9.59 Å². The van der Waals surface area contributed by atoms with Gasteiger partial charge in [0.15, 0.2) is 0 Å². The van der Waals surface area contributed by atoms with Crippen LogP contribution in [0.4, 0.5) is 0 Å². The first-order chi connectivity index (χ1) is 16.1. The molecule has 5 nitrogen and oxygen atoms in total. The first kappa shape index (κ1) is 26.5. The molecule has 1 aliphatic rings. The van der Waals surface area contributed by atoms with Crippen molar-refractivity contribution in [1.82, 2.24) is 4.90 Å². The Morgan fingerprint density at radius 3 is 2.35 bits per heavy atom. The maximum Gasteiger partial charge on any atom is 0.306 e. The molecule has 2 aromatic rings. The third kappa shape index (κ3) is 5.42. The summed E-state index contributed by atoms with van der Waals surface area (Å²) in [7, 11) is 3.00. The molecule has 1 amide bonds. The lowest BCUT2D eigenvalue weighted by Crippen LogP contribution is -2.58. The Balaban J connectivity index is 2.25. The van der Waals surface area contributed by atoms with E-state index in [1.54, 1.807) is 7.11 Å². The number of esters is 1. The summed E-state index contributed by atoms with van der Waals surface area (Å²) in [5, 5.41) is 1.26. The summed E-state index contributed by atoms with van der Waals surface area (Å²) in [5.41, 5.74) is 1.05. The van der Waals surface area contributed by atoms with Gasteiger partial charge in [-0.2, -0.15) is 0 Å². The number of hydrogen-bond donors (Lipinski definition) is 0. The number of piperidine rings is 1. The van der Waals surface area contributed by atoms with Gasteiger partial charge in [0, 0.05) is 23.1 Å². The number of hydrogen-bond acceptors (Lipinski definition) is 4. The molecule has 0 aliphatic carbocycles. The van der Waals surface area contributed by atoms with Crippen LogP contribution in [0.2, 0.25) is 10.0 Å². The summed E-state index contributed by atoms with van der Waals surface area (Å²) in [4.78, 5) is 28.6. The number of methoxy groups -OCH3 is 2. The lowest BCUT2D eigenvalue weighted by atomic mass is 9.67. The number of carbonyl (C=O) groups excluding carboxylic acids is 2. The van der Waals surface area contributed by atoms with Crippen LogP contribution in [0.25, 0.3) is 0 Å². The Bertz CT molecular complexity index is 1010. The molecular formula is C27H33Cl2NO4. The SMILES string of the molecule is CCC(C(C)OC)N1C(=O)[C@@](C)(CC(=O)OC)C[C@H](c2cccc(Cl)c2)[C@H]1c1ccc(Cl)cc1. The van der Waals surface area contributed by atoms with Gasteiger partial charge in [0.05, 0.1) is 37.1 Å². The average Bonchev–Trinajstić information content (AvgIpc) is 2.82. The first-order valence-corrected chi connectivity index (χ1v) is 12.3. The smallest absolute Gasteiger partial charge is 0.306 e. The second kappa shape index (κ2) is 11.1. The Labute approximate surface area is 212 Å². The zero-order valence-electron chi connectivity index (χ0n) is 20.4. The molecule has 3 rings (SSSR count). The summed E-state index contributed by atoms with van der Waals surface area (Å²) in [6, 6.07) is 14.9. The molecule has 184 valence electrons. The highest BCUT2D eigenvalue weighted by Crippen LogP contribution is 2.52. The van der Waals surface area contributed by atoms with E-state index in [2.05, 4.69) is 0 Å². The van der Waals surface area contributed by atoms with Gasteiger partial charge in [-0.15, -0.1) is 0 Å². The Hall–Kier alpha value is -2.08. The fourth-order valence-electron chi connectivity index (χ4n) is 5.21. The van der Waals surface area contributed by atoms with Gasteiger partial charge in [-0.05, 0) is 55.2 Å². The van der Waals surface area contributed by atoms with Crippen LogP contribution in [0.5, 0.6) is 0 Å². The van der Waals surface area contributed by atoms with Crippen LogP contribution in [-0.2, 0) is 19.1 Å². The highest BCUT2D eigenvalue weighted by molar-refractivity contribution is 6.30. The van der Waals surface area contributed by atoms with E-state index in [9.17, 15) is 9.59 Å². The second-order valence-electron chi connectivity index (χ2n) is 9.30. The fraction of sp³-hybridized carbons (Fsp3) is 0.481. The number of likely N-dealkylation sites (tertiary alicyclic amines) is 1.